The van der Waals surface area contributed by atoms with E-state index in [0.717, 1.165) is 32.2 Å². The summed E-state index contributed by atoms with van der Waals surface area (Å²) in [6, 6.07) is 0. The van der Waals surface area contributed by atoms with E-state index in [1.807, 2.05) is 16.7 Å². The Balaban J connectivity index is 1.79. The second-order valence-corrected chi connectivity index (χ2v) is 8.18. The van der Waals surface area contributed by atoms with Crippen molar-refractivity contribution >= 4 is 17.7 Å². The van der Waals surface area contributed by atoms with Gasteiger partial charge < -0.3 is 14.7 Å². The van der Waals surface area contributed by atoms with Crippen LogP contribution in [0.3, 0.4) is 0 Å². The molecule has 4 atom stereocenters. The molecular weight excluding hydrogens is 298 g/mol. The van der Waals surface area contributed by atoms with Gasteiger partial charge in [-0.15, -0.1) is 6.58 Å². The van der Waals surface area contributed by atoms with Gasteiger partial charge in [0, 0.05) is 23.6 Å². The zero-order chi connectivity index (χ0) is 15.9. The molecule has 1 aliphatic heterocycles. The van der Waals surface area contributed by atoms with Crippen molar-refractivity contribution < 1.29 is 14.6 Å². The standard InChI is InChI=1S/C17H29NO3S/c1-3-10-18(11-14-9-8-13(2)22-14)17(20)12-21-16-7-5-4-6-15(16)19/h3,13-16,19H,1,4-12H2,2H3. The second-order valence-electron chi connectivity index (χ2n) is 6.43. The highest BCUT2D eigenvalue weighted by atomic mass is 32.2. The Morgan fingerprint density at radius 1 is 1.36 bits per heavy atom. The predicted octanol–water partition coefficient (Wildman–Crippen LogP) is 2.61. The smallest absolute Gasteiger partial charge is 0.248 e. The SMILES string of the molecule is C=CCN(CC1CCC(C)S1)C(=O)COC1CCCCC1O. The number of thioether (sulfide) groups is 1. The van der Waals surface area contributed by atoms with Crippen LogP contribution in [-0.2, 0) is 9.53 Å². The first-order valence-electron chi connectivity index (χ1n) is 8.44. The van der Waals surface area contributed by atoms with Crippen molar-refractivity contribution in [3.05, 3.63) is 12.7 Å². The molecule has 0 radical (unpaired) electrons. The van der Waals surface area contributed by atoms with E-state index in [9.17, 15) is 9.90 Å². The van der Waals surface area contributed by atoms with Gasteiger partial charge in [-0.05, 0) is 25.7 Å². The Kier molecular flexibility index (Phi) is 7.25. The van der Waals surface area contributed by atoms with Gasteiger partial charge in [0.05, 0.1) is 12.2 Å². The largest absolute Gasteiger partial charge is 0.390 e. The fraction of sp³-hybridized carbons (Fsp3) is 0.824. The molecule has 0 bridgehead atoms. The Morgan fingerprint density at radius 3 is 2.77 bits per heavy atom. The average molecular weight is 327 g/mol. The summed E-state index contributed by atoms with van der Waals surface area (Å²) in [5, 5.41) is 11.1. The van der Waals surface area contributed by atoms with Crippen LogP contribution in [0.4, 0.5) is 0 Å². The van der Waals surface area contributed by atoms with E-state index >= 15 is 0 Å². The highest BCUT2D eigenvalue weighted by Gasteiger charge is 2.28. The fourth-order valence-corrected chi connectivity index (χ4v) is 4.71. The summed E-state index contributed by atoms with van der Waals surface area (Å²) in [6.45, 7) is 7.42. The van der Waals surface area contributed by atoms with Crippen molar-refractivity contribution in [3.63, 3.8) is 0 Å². The molecule has 0 aromatic carbocycles. The molecule has 1 N–H and O–H groups in total. The number of nitrogens with zero attached hydrogens (tertiary/aromatic N) is 1. The van der Waals surface area contributed by atoms with Gasteiger partial charge in [-0.3, -0.25) is 4.79 Å². The molecular formula is C17H29NO3S. The summed E-state index contributed by atoms with van der Waals surface area (Å²) in [4.78, 5) is 14.3. The zero-order valence-corrected chi connectivity index (χ0v) is 14.4. The summed E-state index contributed by atoms with van der Waals surface area (Å²) in [5.41, 5.74) is 0. The van der Waals surface area contributed by atoms with Gasteiger partial charge in [-0.2, -0.15) is 11.8 Å². The molecule has 5 heteroatoms. The van der Waals surface area contributed by atoms with Crippen molar-refractivity contribution in [2.75, 3.05) is 19.7 Å². The van der Waals surface area contributed by atoms with Crippen molar-refractivity contribution in [2.24, 2.45) is 0 Å². The minimum Gasteiger partial charge on any atom is -0.390 e. The predicted molar refractivity (Wildman–Crippen MR) is 91.1 cm³/mol. The number of rotatable bonds is 7. The molecule has 1 amide bonds. The molecule has 4 unspecified atom stereocenters. The first-order valence-corrected chi connectivity index (χ1v) is 9.38. The number of ether oxygens (including phenoxy) is 1. The molecule has 2 aliphatic rings. The maximum atomic E-state index is 12.4. The van der Waals surface area contributed by atoms with E-state index in [0.29, 0.717) is 17.0 Å². The van der Waals surface area contributed by atoms with Crippen molar-refractivity contribution in [1.82, 2.24) is 4.90 Å². The van der Waals surface area contributed by atoms with Gasteiger partial charge in [-0.1, -0.05) is 25.8 Å². The van der Waals surface area contributed by atoms with Crippen LogP contribution >= 0.6 is 11.8 Å². The van der Waals surface area contributed by atoms with E-state index in [-0.39, 0.29) is 18.6 Å². The lowest BCUT2D eigenvalue weighted by Crippen LogP contribution is -2.41. The lowest BCUT2D eigenvalue weighted by Gasteiger charge is -2.29. The first-order chi connectivity index (χ1) is 10.6. The number of carbonyl (C=O) groups excluding carboxylic acids is 1. The van der Waals surface area contributed by atoms with E-state index in [1.54, 1.807) is 6.08 Å². The average Bonchev–Trinajstić information content (AvgIpc) is 2.91. The van der Waals surface area contributed by atoms with Crippen molar-refractivity contribution in [3.8, 4) is 0 Å². The van der Waals surface area contributed by atoms with Gasteiger partial charge in [0.15, 0.2) is 0 Å². The molecule has 1 aliphatic carbocycles. The topological polar surface area (TPSA) is 49.8 Å². The van der Waals surface area contributed by atoms with E-state index in [1.165, 1.54) is 12.8 Å². The van der Waals surface area contributed by atoms with Gasteiger partial charge in [0.1, 0.15) is 6.61 Å². The number of aliphatic hydroxyl groups excluding tert-OH is 1. The number of amides is 1. The summed E-state index contributed by atoms with van der Waals surface area (Å²) < 4.78 is 5.69. The lowest BCUT2D eigenvalue weighted by molar-refractivity contribution is -0.141. The zero-order valence-electron chi connectivity index (χ0n) is 13.6. The minimum atomic E-state index is -0.416. The van der Waals surface area contributed by atoms with Crippen LogP contribution in [0, 0.1) is 0 Å². The van der Waals surface area contributed by atoms with Gasteiger partial charge in [0.25, 0.3) is 0 Å². The van der Waals surface area contributed by atoms with Crippen LogP contribution < -0.4 is 0 Å². The van der Waals surface area contributed by atoms with Crippen LogP contribution in [0.25, 0.3) is 0 Å². The summed E-state index contributed by atoms with van der Waals surface area (Å²) in [6.07, 6.45) is 7.35. The van der Waals surface area contributed by atoms with Gasteiger partial charge >= 0.3 is 0 Å². The fourth-order valence-electron chi connectivity index (χ4n) is 3.24. The van der Waals surface area contributed by atoms with E-state index < -0.39 is 6.10 Å². The molecule has 1 heterocycles. The van der Waals surface area contributed by atoms with Crippen molar-refractivity contribution in [1.29, 1.82) is 0 Å². The number of hydrogen-bond donors (Lipinski definition) is 1. The molecule has 4 nitrogen and oxygen atoms in total. The summed E-state index contributed by atoms with van der Waals surface area (Å²) in [7, 11) is 0. The number of carbonyl (C=O) groups is 1. The van der Waals surface area contributed by atoms with Gasteiger partial charge in [0.2, 0.25) is 5.91 Å². The Hall–Kier alpha value is -0.520. The molecule has 22 heavy (non-hydrogen) atoms. The third-order valence-electron chi connectivity index (χ3n) is 4.53. The lowest BCUT2D eigenvalue weighted by atomic mass is 9.95. The molecule has 2 fully saturated rings. The molecule has 126 valence electrons. The molecule has 0 aromatic rings. The molecule has 0 spiro atoms. The van der Waals surface area contributed by atoms with E-state index in [4.69, 9.17) is 4.74 Å². The number of hydrogen-bond acceptors (Lipinski definition) is 4. The van der Waals surface area contributed by atoms with Crippen LogP contribution in [0.15, 0.2) is 12.7 Å². The Labute approximate surface area is 138 Å². The van der Waals surface area contributed by atoms with Crippen LogP contribution in [0.5, 0.6) is 0 Å². The summed E-state index contributed by atoms with van der Waals surface area (Å²) in [5.74, 6) is 0.0119. The Bertz CT molecular complexity index is 377. The maximum Gasteiger partial charge on any atom is 0.248 e. The van der Waals surface area contributed by atoms with E-state index in [2.05, 4.69) is 13.5 Å². The quantitative estimate of drug-likeness (QED) is 0.730. The van der Waals surface area contributed by atoms with Crippen molar-refractivity contribution in [2.45, 2.75) is 68.2 Å². The molecule has 2 rings (SSSR count). The van der Waals surface area contributed by atoms with Crippen LogP contribution in [0.1, 0.15) is 45.4 Å². The highest BCUT2D eigenvalue weighted by molar-refractivity contribution is 8.00. The van der Waals surface area contributed by atoms with Crippen LogP contribution in [0.2, 0.25) is 0 Å². The highest BCUT2D eigenvalue weighted by Crippen LogP contribution is 2.33. The third-order valence-corrected chi connectivity index (χ3v) is 6.00. The van der Waals surface area contributed by atoms with Crippen LogP contribution in [-0.4, -0.2) is 58.3 Å². The maximum absolute atomic E-state index is 12.4. The first kappa shape index (κ1) is 17.8. The Morgan fingerprint density at radius 2 is 2.14 bits per heavy atom. The molecule has 1 saturated heterocycles. The molecule has 1 saturated carbocycles. The monoisotopic (exact) mass is 327 g/mol. The third kappa shape index (κ3) is 5.28. The molecule has 0 aromatic heterocycles. The summed E-state index contributed by atoms with van der Waals surface area (Å²) >= 11 is 1.97. The second kappa shape index (κ2) is 8.94. The van der Waals surface area contributed by atoms with Gasteiger partial charge in [-0.25, -0.2) is 0 Å². The normalized spacial score (nSPS) is 31.9. The number of aliphatic hydroxyl groups is 1. The minimum absolute atomic E-state index is 0.0119.